The Labute approximate surface area is 161 Å². The molecule has 0 aliphatic heterocycles. The monoisotopic (exact) mass is 364 g/mol. The van der Waals surface area contributed by atoms with Gasteiger partial charge in [0.1, 0.15) is 0 Å². The van der Waals surface area contributed by atoms with Gasteiger partial charge in [-0.25, -0.2) is 9.67 Å². The van der Waals surface area contributed by atoms with E-state index in [0.717, 1.165) is 41.7 Å². The van der Waals surface area contributed by atoms with E-state index in [1.807, 2.05) is 52.9 Å². The van der Waals surface area contributed by atoms with Crippen LogP contribution in [0.2, 0.25) is 0 Å². The second kappa shape index (κ2) is 8.33. The zero-order valence-electron chi connectivity index (χ0n) is 16.6. The molecule has 1 amide bonds. The summed E-state index contributed by atoms with van der Waals surface area (Å²) in [7, 11) is 0. The van der Waals surface area contributed by atoms with Gasteiger partial charge in [0.25, 0.3) is 5.91 Å². The van der Waals surface area contributed by atoms with Gasteiger partial charge < -0.3 is 4.90 Å². The van der Waals surface area contributed by atoms with Crippen LogP contribution < -0.4 is 0 Å². The Morgan fingerprint density at radius 3 is 2.56 bits per heavy atom. The molecule has 0 fully saturated rings. The Hall–Kier alpha value is -2.69. The molecule has 2 heterocycles. The first kappa shape index (κ1) is 19.1. The Bertz CT molecular complexity index is 915. The first-order valence-electron chi connectivity index (χ1n) is 9.79. The Kier molecular flexibility index (Phi) is 5.89. The number of fused-ring (bicyclic) bond motifs is 1. The van der Waals surface area contributed by atoms with Crippen molar-refractivity contribution in [1.82, 2.24) is 19.7 Å². The molecule has 142 valence electrons. The van der Waals surface area contributed by atoms with Crippen molar-refractivity contribution in [2.24, 2.45) is 0 Å². The third-order valence-corrected chi connectivity index (χ3v) is 4.81. The third kappa shape index (κ3) is 3.87. The summed E-state index contributed by atoms with van der Waals surface area (Å²) < 4.78 is 1.89. The maximum atomic E-state index is 13.3. The fourth-order valence-corrected chi connectivity index (χ4v) is 3.25. The molecule has 0 saturated carbocycles. The van der Waals surface area contributed by atoms with Crippen molar-refractivity contribution in [2.45, 2.75) is 46.6 Å². The standard InChI is InChI=1S/C22H28N4O/c1-5-7-13-25(6-2)22(27)18-14-20(17-11-9-8-10-12-17)24-21-19(18)15-23-26(21)16(3)4/h8-12,14-16H,5-7,13H2,1-4H3. The van der Waals surface area contributed by atoms with Crippen LogP contribution in [0, 0.1) is 0 Å². The Balaban J connectivity index is 2.17. The molecule has 0 atom stereocenters. The van der Waals surface area contributed by atoms with E-state index >= 15 is 0 Å². The first-order chi connectivity index (χ1) is 13.1. The quantitative estimate of drug-likeness (QED) is 0.596. The van der Waals surface area contributed by atoms with Crippen LogP contribution in [0.15, 0.2) is 42.6 Å². The number of pyridine rings is 1. The van der Waals surface area contributed by atoms with Crippen LogP contribution in [-0.4, -0.2) is 38.7 Å². The van der Waals surface area contributed by atoms with E-state index in [9.17, 15) is 4.79 Å². The predicted octanol–water partition coefficient (Wildman–Crippen LogP) is 4.94. The fourth-order valence-electron chi connectivity index (χ4n) is 3.25. The molecule has 0 N–H and O–H groups in total. The highest BCUT2D eigenvalue weighted by molar-refractivity contribution is 6.06. The number of rotatable bonds is 7. The van der Waals surface area contributed by atoms with Gasteiger partial charge in [-0.1, -0.05) is 43.7 Å². The lowest BCUT2D eigenvalue weighted by Crippen LogP contribution is -2.32. The first-order valence-corrected chi connectivity index (χ1v) is 9.79. The summed E-state index contributed by atoms with van der Waals surface area (Å²) in [5, 5.41) is 5.33. The van der Waals surface area contributed by atoms with Crippen molar-refractivity contribution >= 4 is 16.9 Å². The number of hydrogen-bond donors (Lipinski definition) is 0. The highest BCUT2D eigenvalue weighted by Crippen LogP contribution is 2.27. The molecule has 0 spiro atoms. The van der Waals surface area contributed by atoms with Gasteiger partial charge in [0.05, 0.1) is 22.8 Å². The topological polar surface area (TPSA) is 51.0 Å². The normalized spacial score (nSPS) is 11.3. The summed E-state index contributed by atoms with van der Waals surface area (Å²) >= 11 is 0. The largest absolute Gasteiger partial charge is 0.339 e. The maximum Gasteiger partial charge on any atom is 0.254 e. The number of amides is 1. The van der Waals surface area contributed by atoms with Gasteiger partial charge in [-0.15, -0.1) is 0 Å². The molecule has 2 aromatic heterocycles. The van der Waals surface area contributed by atoms with E-state index in [0.29, 0.717) is 12.1 Å². The summed E-state index contributed by atoms with van der Waals surface area (Å²) in [6.45, 7) is 9.79. The van der Waals surface area contributed by atoms with Crippen LogP contribution in [0.3, 0.4) is 0 Å². The van der Waals surface area contributed by atoms with E-state index in [1.165, 1.54) is 0 Å². The molecule has 0 aliphatic carbocycles. The Morgan fingerprint density at radius 1 is 1.19 bits per heavy atom. The molecule has 3 aromatic rings. The molecule has 0 unspecified atom stereocenters. The molecular formula is C22H28N4O. The summed E-state index contributed by atoms with van der Waals surface area (Å²) in [6, 6.07) is 12.1. The SMILES string of the molecule is CCCCN(CC)C(=O)c1cc(-c2ccccc2)nc2c1cnn2C(C)C. The molecule has 0 radical (unpaired) electrons. The van der Waals surface area contributed by atoms with Gasteiger partial charge in [0.2, 0.25) is 0 Å². The summed E-state index contributed by atoms with van der Waals surface area (Å²) in [5.41, 5.74) is 3.26. The Morgan fingerprint density at radius 2 is 1.93 bits per heavy atom. The zero-order valence-corrected chi connectivity index (χ0v) is 16.6. The summed E-state index contributed by atoms with van der Waals surface area (Å²) in [4.78, 5) is 20.1. The predicted molar refractivity (Wildman–Crippen MR) is 110 cm³/mol. The molecule has 0 bridgehead atoms. The highest BCUT2D eigenvalue weighted by atomic mass is 16.2. The van der Waals surface area contributed by atoms with E-state index < -0.39 is 0 Å². The maximum absolute atomic E-state index is 13.3. The van der Waals surface area contributed by atoms with Crippen LogP contribution in [0.5, 0.6) is 0 Å². The molecule has 1 aromatic carbocycles. The van der Waals surface area contributed by atoms with E-state index in [1.54, 1.807) is 6.20 Å². The van der Waals surface area contributed by atoms with Crippen molar-refractivity contribution in [1.29, 1.82) is 0 Å². The average Bonchev–Trinajstić information content (AvgIpc) is 3.12. The zero-order chi connectivity index (χ0) is 19.4. The molecule has 3 rings (SSSR count). The second-order valence-corrected chi connectivity index (χ2v) is 7.08. The minimum absolute atomic E-state index is 0.0545. The van der Waals surface area contributed by atoms with Crippen molar-refractivity contribution in [3.05, 3.63) is 48.2 Å². The highest BCUT2D eigenvalue weighted by Gasteiger charge is 2.21. The minimum atomic E-state index is 0.0545. The number of carbonyl (C=O) groups excluding carboxylic acids is 1. The van der Waals surface area contributed by atoms with Crippen LogP contribution in [0.1, 0.15) is 56.9 Å². The summed E-state index contributed by atoms with van der Waals surface area (Å²) in [6.07, 6.45) is 3.85. The lowest BCUT2D eigenvalue weighted by molar-refractivity contribution is 0.0764. The third-order valence-electron chi connectivity index (χ3n) is 4.81. The number of carbonyl (C=O) groups is 1. The van der Waals surface area contributed by atoms with Crippen molar-refractivity contribution in [2.75, 3.05) is 13.1 Å². The lowest BCUT2D eigenvalue weighted by atomic mass is 10.1. The van der Waals surface area contributed by atoms with Crippen molar-refractivity contribution < 1.29 is 4.79 Å². The number of aromatic nitrogens is 3. The van der Waals surface area contributed by atoms with Crippen LogP contribution in [-0.2, 0) is 0 Å². The van der Waals surface area contributed by atoms with Crippen molar-refractivity contribution in [3.8, 4) is 11.3 Å². The molecular weight excluding hydrogens is 336 g/mol. The molecule has 0 aliphatic rings. The molecule has 27 heavy (non-hydrogen) atoms. The van der Waals surface area contributed by atoms with Gasteiger partial charge in [0, 0.05) is 24.7 Å². The van der Waals surface area contributed by atoms with Gasteiger partial charge in [-0.3, -0.25) is 4.79 Å². The van der Waals surface area contributed by atoms with E-state index in [2.05, 4.69) is 25.9 Å². The second-order valence-electron chi connectivity index (χ2n) is 7.08. The van der Waals surface area contributed by atoms with Crippen LogP contribution >= 0.6 is 0 Å². The molecule has 5 nitrogen and oxygen atoms in total. The molecule has 0 saturated heterocycles. The number of unbranched alkanes of at least 4 members (excludes halogenated alkanes) is 1. The van der Waals surface area contributed by atoms with Crippen LogP contribution in [0.25, 0.3) is 22.3 Å². The van der Waals surface area contributed by atoms with E-state index in [-0.39, 0.29) is 11.9 Å². The smallest absolute Gasteiger partial charge is 0.254 e. The average molecular weight is 364 g/mol. The van der Waals surface area contributed by atoms with E-state index in [4.69, 9.17) is 4.98 Å². The lowest BCUT2D eigenvalue weighted by Gasteiger charge is -2.21. The number of nitrogens with zero attached hydrogens (tertiary/aromatic N) is 4. The number of benzene rings is 1. The fraction of sp³-hybridized carbons (Fsp3) is 0.409. The molecule has 5 heteroatoms. The summed E-state index contributed by atoms with van der Waals surface area (Å²) in [5.74, 6) is 0.0545. The minimum Gasteiger partial charge on any atom is -0.339 e. The number of hydrogen-bond acceptors (Lipinski definition) is 3. The van der Waals surface area contributed by atoms with Crippen molar-refractivity contribution in [3.63, 3.8) is 0 Å². The van der Waals surface area contributed by atoms with Gasteiger partial charge in [-0.2, -0.15) is 5.10 Å². The van der Waals surface area contributed by atoms with Crippen LogP contribution in [0.4, 0.5) is 0 Å². The van der Waals surface area contributed by atoms with Gasteiger partial charge in [0.15, 0.2) is 5.65 Å². The van der Waals surface area contributed by atoms with Gasteiger partial charge in [-0.05, 0) is 33.3 Å². The van der Waals surface area contributed by atoms with Gasteiger partial charge >= 0.3 is 0 Å².